The van der Waals surface area contributed by atoms with E-state index in [-0.39, 0.29) is 24.3 Å². The van der Waals surface area contributed by atoms with Gasteiger partial charge in [0.1, 0.15) is 11.7 Å². The van der Waals surface area contributed by atoms with Crippen molar-refractivity contribution in [2.75, 3.05) is 10.2 Å². The third kappa shape index (κ3) is 5.96. The van der Waals surface area contributed by atoms with E-state index in [0.717, 1.165) is 0 Å². The van der Waals surface area contributed by atoms with Gasteiger partial charge in [-0.25, -0.2) is 22.0 Å². The molecule has 43 heavy (non-hydrogen) atoms. The molecule has 0 radical (unpaired) electrons. The van der Waals surface area contributed by atoms with E-state index in [1.54, 1.807) is 91.0 Å². The Morgan fingerprint density at radius 3 is 1.84 bits per heavy atom. The number of nitrogens with one attached hydrogen (secondary N) is 1. The minimum atomic E-state index is -2.40. The summed E-state index contributed by atoms with van der Waals surface area (Å²) in [5.41, 5.74) is -0.464. The standard InChI is InChI=1S/C33H23F5N2O3/c34-26-25(27(35)29(37)30(38)28(26)36)32(42)39-23-16-15-21-13-7-8-14-22(21)31(23)40(18-20-11-5-2-6-12-20)33(43)24(41)17-19-9-3-1-4-10-19/h1-16,24,41H,17-18H2,(H,39,42). The fourth-order valence-corrected chi connectivity index (χ4v) is 4.77. The molecule has 1 unspecified atom stereocenters. The lowest BCUT2D eigenvalue weighted by molar-refractivity contribution is -0.126. The second-order valence-electron chi connectivity index (χ2n) is 9.70. The van der Waals surface area contributed by atoms with Gasteiger partial charge in [0.2, 0.25) is 5.82 Å². The number of rotatable bonds is 8. The zero-order valence-corrected chi connectivity index (χ0v) is 22.3. The van der Waals surface area contributed by atoms with Crippen LogP contribution >= 0.6 is 0 Å². The largest absolute Gasteiger partial charge is 0.383 e. The lowest BCUT2D eigenvalue weighted by atomic mass is 10.0. The highest BCUT2D eigenvalue weighted by atomic mass is 19.2. The molecule has 10 heteroatoms. The molecule has 5 aromatic carbocycles. The lowest BCUT2D eigenvalue weighted by Crippen LogP contribution is -2.40. The molecule has 0 aliphatic carbocycles. The van der Waals surface area contributed by atoms with Crippen LogP contribution in [0.1, 0.15) is 21.5 Å². The molecule has 0 saturated heterocycles. The number of benzene rings is 5. The number of hydrogen-bond donors (Lipinski definition) is 2. The van der Waals surface area contributed by atoms with Gasteiger partial charge >= 0.3 is 0 Å². The van der Waals surface area contributed by atoms with Gasteiger partial charge in [-0.1, -0.05) is 91.0 Å². The van der Waals surface area contributed by atoms with Crippen molar-refractivity contribution in [1.82, 2.24) is 0 Å². The quantitative estimate of drug-likeness (QED) is 0.117. The first kappa shape index (κ1) is 29.4. The summed E-state index contributed by atoms with van der Waals surface area (Å²) < 4.78 is 70.5. The summed E-state index contributed by atoms with van der Waals surface area (Å²) in [6, 6.07) is 27.2. The van der Waals surface area contributed by atoms with E-state index in [1.165, 1.54) is 11.0 Å². The average molecular weight is 591 g/mol. The van der Waals surface area contributed by atoms with E-state index in [0.29, 0.717) is 21.9 Å². The monoisotopic (exact) mass is 590 g/mol. The topological polar surface area (TPSA) is 69.6 Å². The maximum atomic E-state index is 14.5. The molecule has 1 atom stereocenters. The normalized spacial score (nSPS) is 11.8. The Bertz CT molecular complexity index is 1790. The number of amides is 2. The molecule has 0 saturated carbocycles. The number of hydrogen-bond acceptors (Lipinski definition) is 3. The molecule has 5 nitrogen and oxygen atoms in total. The molecule has 0 heterocycles. The highest BCUT2D eigenvalue weighted by molar-refractivity contribution is 6.14. The third-order valence-corrected chi connectivity index (χ3v) is 6.86. The molecule has 2 amide bonds. The van der Waals surface area contributed by atoms with Gasteiger partial charge in [0.05, 0.1) is 17.9 Å². The Hall–Kier alpha value is -5.09. The predicted molar refractivity (Wildman–Crippen MR) is 152 cm³/mol. The van der Waals surface area contributed by atoms with Crippen LogP contribution in [-0.2, 0) is 17.8 Å². The van der Waals surface area contributed by atoms with Gasteiger partial charge in [0.15, 0.2) is 23.3 Å². The second-order valence-corrected chi connectivity index (χ2v) is 9.70. The molecule has 0 bridgehead atoms. The Kier molecular flexibility index (Phi) is 8.49. The van der Waals surface area contributed by atoms with Gasteiger partial charge in [-0.2, -0.15) is 0 Å². The number of carbonyl (C=O) groups is 2. The van der Waals surface area contributed by atoms with Crippen LogP contribution in [0.15, 0.2) is 97.1 Å². The van der Waals surface area contributed by atoms with Gasteiger partial charge in [-0.3, -0.25) is 9.59 Å². The van der Waals surface area contributed by atoms with E-state index in [4.69, 9.17) is 0 Å². The van der Waals surface area contributed by atoms with Crippen molar-refractivity contribution in [3.05, 3.63) is 143 Å². The van der Waals surface area contributed by atoms with E-state index < -0.39 is 52.6 Å². The summed E-state index contributed by atoms with van der Waals surface area (Å²) in [6.45, 7) is -0.0923. The van der Waals surface area contributed by atoms with E-state index in [2.05, 4.69) is 5.32 Å². The van der Waals surface area contributed by atoms with Crippen molar-refractivity contribution in [3.8, 4) is 0 Å². The molecular formula is C33H23F5N2O3. The molecule has 5 aromatic rings. The Balaban J connectivity index is 1.64. The molecule has 0 aromatic heterocycles. The Morgan fingerprint density at radius 2 is 1.21 bits per heavy atom. The van der Waals surface area contributed by atoms with Crippen molar-refractivity contribution < 1.29 is 36.6 Å². The summed E-state index contributed by atoms with van der Waals surface area (Å²) in [5, 5.41) is 14.3. The third-order valence-electron chi connectivity index (χ3n) is 6.86. The number of anilines is 2. The maximum absolute atomic E-state index is 14.5. The number of aliphatic hydroxyl groups is 1. The molecule has 0 spiro atoms. The van der Waals surface area contributed by atoms with Crippen molar-refractivity contribution in [2.45, 2.75) is 19.1 Å². The molecule has 0 aliphatic rings. The van der Waals surface area contributed by atoms with Crippen LogP contribution in [0.2, 0.25) is 0 Å². The zero-order valence-electron chi connectivity index (χ0n) is 22.3. The van der Waals surface area contributed by atoms with Crippen LogP contribution in [-0.4, -0.2) is 23.0 Å². The van der Waals surface area contributed by atoms with Gasteiger partial charge in [0.25, 0.3) is 11.8 Å². The van der Waals surface area contributed by atoms with Crippen LogP contribution < -0.4 is 10.2 Å². The molecule has 0 fully saturated rings. The second kappa shape index (κ2) is 12.4. The SMILES string of the molecule is O=C(Nc1ccc2ccccc2c1N(Cc1ccccc1)C(=O)C(O)Cc1ccccc1)c1c(F)c(F)c(F)c(F)c1F. The van der Waals surface area contributed by atoms with E-state index >= 15 is 0 Å². The van der Waals surface area contributed by atoms with Crippen LogP contribution in [0.3, 0.4) is 0 Å². The summed E-state index contributed by atoms with van der Waals surface area (Å²) >= 11 is 0. The highest BCUT2D eigenvalue weighted by Gasteiger charge is 2.32. The van der Waals surface area contributed by atoms with Gasteiger partial charge in [-0.15, -0.1) is 0 Å². The number of nitrogens with zero attached hydrogens (tertiary/aromatic N) is 1. The van der Waals surface area contributed by atoms with Crippen LogP contribution in [0.5, 0.6) is 0 Å². The van der Waals surface area contributed by atoms with Gasteiger partial charge in [0, 0.05) is 11.8 Å². The maximum Gasteiger partial charge on any atom is 0.261 e. The molecule has 5 rings (SSSR count). The molecule has 0 aliphatic heterocycles. The van der Waals surface area contributed by atoms with Crippen LogP contribution in [0.4, 0.5) is 33.3 Å². The molecule has 218 valence electrons. The first-order chi connectivity index (χ1) is 20.7. The Labute approximate surface area is 242 Å². The summed E-state index contributed by atoms with van der Waals surface area (Å²) in [6.07, 6.45) is -1.58. The van der Waals surface area contributed by atoms with Crippen LogP contribution in [0.25, 0.3) is 10.8 Å². The number of carbonyl (C=O) groups excluding carboxylic acids is 2. The minimum Gasteiger partial charge on any atom is -0.383 e. The van der Waals surface area contributed by atoms with E-state index in [1.807, 2.05) is 0 Å². The van der Waals surface area contributed by atoms with Crippen molar-refractivity contribution in [3.63, 3.8) is 0 Å². The highest BCUT2D eigenvalue weighted by Crippen LogP contribution is 2.37. The van der Waals surface area contributed by atoms with Gasteiger partial charge < -0.3 is 15.3 Å². The van der Waals surface area contributed by atoms with Crippen LogP contribution in [0, 0.1) is 29.1 Å². The fraction of sp³-hybridized carbons (Fsp3) is 0.0909. The predicted octanol–water partition coefficient (Wildman–Crippen LogP) is 6.92. The smallest absolute Gasteiger partial charge is 0.261 e. The van der Waals surface area contributed by atoms with Crippen molar-refractivity contribution in [2.24, 2.45) is 0 Å². The lowest BCUT2D eigenvalue weighted by Gasteiger charge is -2.29. The van der Waals surface area contributed by atoms with Crippen molar-refractivity contribution in [1.29, 1.82) is 0 Å². The first-order valence-corrected chi connectivity index (χ1v) is 13.1. The van der Waals surface area contributed by atoms with Crippen molar-refractivity contribution >= 4 is 34.0 Å². The summed E-state index contributed by atoms with van der Waals surface area (Å²) in [7, 11) is 0. The van der Waals surface area contributed by atoms with Gasteiger partial charge in [-0.05, 0) is 22.6 Å². The average Bonchev–Trinajstić information content (AvgIpc) is 3.02. The summed E-state index contributed by atoms with van der Waals surface area (Å²) in [5.74, 6) is -13.9. The first-order valence-electron chi connectivity index (χ1n) is 13.1. The number of aliphatic hydroxyl groups excluding tert-OH is 1. The fourth-order valence-electron chi connectivity index (χ4n) is 4.77. The zero-order chi connectivity index (χ0) is 30.7. The summed E-state index contributed by atoms with van der Waals surface area (Å²) in [4.78, 5) is 28.2. The number of fused-ring (bicyclic) bond motifs is 1. The molecular weight excluding hydrogens is 567 g/mol. The molecule has 2 N–H and O–H groups in total. The number of halogens is 5. The van der Waals surface area contributed by atoms with E-state index in [9.17, 15) is 36.6 Å². The minimum absolute atomic E-state index is 0.0397. The Morgan fingerprint density at radius 1 is 0.674 bits per heavy atom.